The van der Waals surface area contributed by atoms with Crippen LogP contribution in [0.3, 0.4) is 0 Å². The van der Waals surface area contributed by atoms with Crippen LogP contribution >= 0.6 is 34.8 Å². The van der Waals surface area contributed by atoms with Crippen LogP contribution in [0.2, 0.25) is 0 Å². The number of amides is 1. The van der Waals surface area contributed by atoms with E-state index in [1.54, 1.807) is 0 Å². The van der Waals surface area contributed by atoms with Gasteiger partial charge in [-0.05, 0) is 47.2 Å². The number of hydrogen-bond acceptors (Lipinski definition) is 2. The summed E-state index contributed by atoms with van der Waals surface area (Å²) < 4.78 is 1.07. The summed E-state index contributed by atoms with van der Waals surface area (Å²) in [5.74, 6) is -0.537. The van der Waals surface area contributed by atoms with Crippen LogP contribution in [-0.4, -0.2) is 10.9 Å². The molecule has 1 rings (SSSR count). The Morgan fingerprint density at radius 1 is 1.62 bits per heavy atom. The number of rotatable bonds is 4. The lowest BCUT2D eigenvalue weighted by Gasteiger charge is -2.13. The van der Waals surface area contributed by atoms with Crippen LogP contribution in [0.15, 0.2) is 24.3 Å². The Balaban J connectivity index is 2.74. The molecular formula is C11H13IN2OS. The third-order valence-corrected chi connectivity index (χ3v) is 3.12. The molecule has 1 aromatic carbocycles. The summed E-state index contributed by atoms with van der Waals surface area (Å²) in [6.07, 6.45) is 0.616. The van der Waals surface area contributed by atoms with E-state index in [-0.39, 0.29) is 10.9 Å². The minimum atomic E-state index is -0.395. The van der Waals surface area contributed by atoms with Gasteiger partial charge in [-0.3, -0.25) is 4.79 Å². The molecule has 1 amide bonds. The molecule has 0 bridgehead atoms. The molecule has 86 valence electrons. The van der Waals surface area contributed by atoms with Gasteiger partial charge in [-0.25, -0.2) is 0 Å². The number of nitrogens with two attached hydrogens (primary N) is 1. The summed E-state index contributed by atoms with van der Waals surface area (Å²) in [4.78, 5) is 12.1. The average Bonchev–Trinajstić information content (AvgIpc) is 2.17. The highest BCUT2D eigenvalue weighted by molar-refractivity contribution is 14.1. The first-order valence-electron chi connectivity index (χ1n) is 4.90. The molecule has 16 heavy (non-hydrogen) atoms. The maximum atomic E-state index is 11.8. The van der Waals surface area contributed by atoms with Crippen molar-refractivity contribution in [1.82, 2.24) is 0 Å². The maximum absolute atomic E-state index is 11.8. The highest BCUT2D eigenvalue weighted by Crippen LogP contribution is 2.14. The van der Waals surface area contributed by atoms with Gasteiger partial charge in [-0.2, -0.15) is 0 Å². The van der Waals surface area contributed by atoms with E-state index in [2.05, 4.69) is 27.9 Å². The summed E-state index contributed by atoms with van der Waals surface area (Å²) >= 11 is 7.04. The molecule has 1 aromatic rings. The normalized spacial score (nSPS) is 11.9. The first-order chi connectivity index (χ1) is 7.54. The Labute approximate surface area is 114 Å². The third kappa shape index (κ3) is 3.71. The molecule has 5 heteroatoms. The van der Waals surface area contributed by atoms with Gasteiger partial charge in [-0.1, -0.05) is 25.2 Å². The second-order valence-electron chi connectivity index (χ2n) is 3.36. The number of anilines is 1. The first kappa shape index (κ1) is 13.4. The molecule has 0 radical (unpaired) electrons. The lowest BCUT2D eigenvalue weighted by molar-refractivity contribution is -0.118. The zero-order valence-electron chi connectivity index (χ0n) is 8.87. The molecule has 0 fully saturated rings. The summed E-state index contributed by atoms with van der Waals surface area (Å²) in [5, 5.41) is 2.80. The summed E-state index contributed by atoms with van der Waals surface area (Å²) in [7, 11) is 0. The van der Waals surface area contributed by atoms with Crippen molar-refractivity contribution < 1.29 is 4.79 Å². The van der Waals surface area contributed by atoms with Gasteiger partial charge in [0.15, 0.2) is 0 Å². The van der Waals surface area contributed by atoms with E-state index >= 15 is 0 Å². The Morgan fingerprint density at radius 2 is 2.31 bits per heavy atom. The maximum Gasteiger partial charge on any atom is 0.234 e. The fourth-order valence-electron chi connectivity index (χ4n) is 1.31. The van der Waals surface area contributed by atoms with Crippen LogP contribution in [0.1, 0.15) is 13.3 Å². The molecule has 0 aliphatic rings. The zero-order valence-corrected chi connectivity index (χ0v) is 11.8. The van der Waals surface area contributed by atoms with Gasteiger partial charge in [0, 0.05) is 9.26 Å². The van der Waals surface area contributed by atoms with Gasteiger partial charge >= 0.3 is 0 Å². The lowest BCUT2D eigenvalue weighted by Crippen LogP contribution is -2.32. The summed E-state index contributed by atoms with van der Waals surface area (Å²) in [6, 6.07) is 7.58. The quantitative estimate of drug-likeness (QED) is 0.650. The Morgan fingerprint density at radius 3 is 2.81 bits per heavy atom. The number of halogens is 1. The Kier molecular flexibility index (Phi) is 5.14. The smallest absolute Gasteiger partial charge is 0.234 e. The molecule has 3 N–H and O–H groups in total. The molecule has 0 heterocycles. The standard InChI is InChI=1S/C11H13IN2OS/c1-2-9(10(13)16)11(15)14-8-5-3-4-7(12)6-8/h3-6,9H,2H2,1H3,(H2,13,16)(H,14,15). The molecular weight excluding hydrogens is 335 g/mol. The van der Waals surface area contributed by atoms with E-state index in [1.165, 1.54) is 0 Å². The van der Waals surface area contributed by atoms with Gasteiger partial charge in [0.25, 0.3) is 0 Å². The van der Waals surface area contributed by atoms with Crippen molar-refractivity contribution in [3.05, 3.63) is 27.8 Å². The van der Waals surface area contributed by atoms with Crippen molar-refractivity contribution in [2.45, 2.75) is 13.3 Å². The van der Waals surface area contributed by atoms with Gasteiger partial charge < -0.3 is 11.1 Å². The molecule has 0 aliphatic carbocycles. The van der Waals surface area contributed by atoms with Crippen molar-refractivity contribution >= 4 is 51.4 Å². The highest BCUT2D eigenvalue weighted by atomic mass is 127. The second kappa shape index (κ2) is 6.15. The van der Waals surface area contributed by atoms with E-state index in [9.17, 15) is 4.79 Å². The minimum absolute atomic E-state index is 0.142. The van der Waals surface area contributed by atoms with Gasteiger partial charge in [-0.15, -0.1) is 0 Å². The fraction of sp³-hybridized carbons (Fsp3) is 0.273. The molecule has 0 spiro atoms. The molecule has 0 saturated heterocycles. The van der Waals surface area contributed by atoms with E-state index in [4.69, 9.17) is 18.0 Å². The zero-order chi connectivity index (χ0) is 12.1. The first-order valence-corrected chi connectivity index (χ1v) is 6.39. The van der Waals surface area contributed by atoms with Crippen molar-refractivity contribution in [2.75, 3.05) is 5.32 Å². The van der Waals surface area contributed by atoms with Crippen LogP contribution in [0.4, 0.5) is 5.69 Å². The van der Waals surface area contributed by atoms with Gasteiger partial charge in [0.1, 0.15) is 0 Å². The largest absolute Gasteiger partial charge is 0.393 e. The SMILES string of the molecule is CCC(C(=O)Nc1cccc(I)c1)C(N)=S. The van der Waals surface area contributed by atoms with E-state index in [0.29, 0.717) is 6.42 Å². The Bertz CT molecular complexity index is 409. The molecule has 0 aromatic heterocycles. The van der Waals surface area contributed by atoms with Crippen LogP contribution in [0, 0.1) is 9.49 Å². The molecule has 1 atom stereocenters. The molecule has 3 nitrogen and oxygen atoms in total. The highest BCUT2D eigenvalue weighted by Gasteiger charge is 2.19. The third-order valence-electron chi connectivity index (χ3n) is 2.16. The number of thiocarbonyl (C=S) groups is 1. The molecule has 1 unspecified atom stereocenters. The molecule has 0 aliphatic heterocycles. The monoisotopic (exact) mass is 348 g/mol. The summed E-state index contributed by atoms with van der Waals surface area (Å²) in [6.45, 7) is 1.89. The van der Waals surface area contributed by atoms with Crippen LogP contribution in [-0.2, 0) is 4.79 Å². The van der Waals surface area contributed by atoms with Crippen molar-refractivity contribution in [3.8, 4) is 0 Å². The van der Waals surface area contributed by atoms with Crippen molar-refractivity contribution in [1.29, 1.82) is 0 Å². The van der Waals surface area contributed by atoms with Gasteiger partial charge in [0.05, 0.1) is 10.9 Å². The van der Waals surface area contributed by atoms with E-state index in [0.717, 1.165) is 9.26 Å². The van der Waals surface area contributed by atoms with E-state index in [1.807, 2.05) is 31.2 Å². The van der Waals surface area contributed by atoms with Crippen molar-refractivity contribution in [2.24, 2.45) is 11.7 Å². The minimum Gasteiger partial charge on any atom is -0.393 e. The lowest BCUT2D eigenvalue weighted by atomic mass is 10.1. The number of benzene rings is 1. The number of hydrogen-bond donors (Lipinski definition) is 2. The Hall–Kier alpha value is -0.690. The van der Waals surface area contributed by atoms with Crippen LogP contribution < -0.4 is 11.1 Å². The molecule has 0 saturated carbocycles. The predicted molar refractivity (Wildman–Crippen MR) is 78.4 cm³/mol. The fourth-order valence-corrected chi connectivity index (χ4v) is 2.13. The number of carbonyl (C=O) groups excluding carboxylic acids is 1. The van der Waals surface area contributed by atoms with Crippen LogP contribution in [0.5, 0.6) is 0 Å². The van der Waals surface area contributed by atoms with E-state index < -0.39 is 5.92 Å². The predicted octanol–water partition coefficient (Wildman–Crippen LogP) is 2.54. The average molecular weight is 348 g/mol. The van der Waals surface area contributed by atoms with Crippen molar-refractivity contribution in [3.63, 3.8) is 0 Å². The van der Waals surface area contributed by atoms with Gasteiger partial charge in [0.2, 0.25) is 5.91 Å². The number of carbonyl (C=O) groups is 1. The van der Waals surface area contributed by atoms with Crippen LogP contribution in [0.25, 0.3) is 0 Å². The second-order valence-corrected chi connectivity index (χ2v) is 5.08. The number of nitrogens with one attached hydrogen (secondary N) is 1. The topological polar surface area (TPSA) is 55.1 Å². The summed E-state index contributed by atoms with van der Waals surface area (Å²) in [5.41, 5.74) is 6.27.